The number of rotatable bonds is 13. The molecule has 1 unspecified atom stereocenters. The number of halogens is 3. The third kappa shape index (κ3) is 8.59. The summed E-state index contributed by atoms with van der Waals surface area (Å²) in [5.41, 5.74) is -0.563. The Balaban J connectivity index is 1.79. The quantitative estimate of drug-likeness (QED) is 0.298. The van der Waals surface area contributed by atoms with Gasteiger partial charge in [-0.15, -0.1) is 0 Å². The Labute approximate surface area is 241 Å². The highest BCUT2D eigenvalue weighted by Gasteiger charge is 2.46. The van der Waals surface area contributed by atoms with Crippen LogP contribution in [0.2, 0.25) is 5.02 Å². The summed E-state index contributed by atoms with van der Waals surface area (Å²) in [5, 5.41) is 7.65. The van der Waals surface area contributed by atoms with Crippen LogP contribution >= 0.6 is 11.6 Å². The molecule has 0 saturated carbocycles. The van der Waals surface area contributed by atoms with Crippen LogP contribution in [0.5, 0.6) is 0 Å². The summed E-state index contributed by atoms with van der Waals surface area (Å²) in [5.74, 6) is -5.96. The van der Waals surface area contributed by atoms with Crippen LogP contribution in [-0.2, 0) is 29.8 Å². The molecule has 0 aliphatic carbocycles. The van der Waals surface area contributed by atoms with Crippen molar-refractivity contribution in [3.05, 3.63) is 64.9 Å². The number of hydrogen-bond acceptors (Lipinski definition) is 7. The minimum atomic E-state index is -3.72. The number of carbonyl (C=O) groups is 4. The van der Waals surface area contributed by atoms with Crippen molar-refractivity contribution < 1.29 is 37.4 Å². The number of amides is 3. The normalized spacial score (nSPS) is 17.1. The van der Waals surface area contributed by atoms with E-state index >= 15 is 8.78 Å². The van der Waals surface area contributed by atoms with Gasteiger partial charge in [0, 0.05) is 41.0 Å². The van der Waals surface area contributed by atoms with E-state index in [9.17, 15) is 19.2 Å². The van der Waals surface area contributed by atoms with Crippen LogP contribution < -0.4 is 16.0 Å². The molecule has 1 fully saturated rings. The topological polar surface area (TPSA) is 136 Å². The summed E-state index contributed by atoms with van der Waals surface area (Å²) < 4.78 is 41.5. The summed E-state index contributed by atoms with van der Waals surface area (Å²) >= 11 is 5.93. The fraction of sp³-hybridized carbons (Fsp3) is 0.464. The van der Waals surface area contributed by atoms with Crippen molar-refractivity contribution in [1.82, 2.24) is 20.9 Å². The van der Waals surface area contributed by atoms with Crippen LogP contribution in [0.4, 0.5) is 13.6 Å². The predicted octanol–water partition coefficient (Wildman–Crippen LogP) is 4.04. The molecule has 2 heterocycles. The van der Waals surface area contributed by atoms with Crippen LogP contribution in [0.25, 0.3) is 0 Å². The standard InChI is InChI=1S/C28H33ClF2N4O6/c1-3-4-10-21(25(37)34-22(26(38)40-2)14-17-11-13-33-24(17)36)35-27(39)41-23(18-7-6-12-32-16-18)28(30,31)19-8-5-9-20(29)15-19/h5-9,12,15-17,21-23H,3-4,10-11,13-14H2,1-2H3,(H,33,36)(H,34,37)(H,35,39)/t17-,21-,22-,23?/m0/s1. The molecule has 0 bridgehead atoms. The lowest BCUT2D eigenvalue weighted by Gasteiger charge is -2.28. The van der Waals surface area contributed by atoms with Gasteiger partial charge in [0.1, 0.15) is 12.1 Å². The van der Waals surface area contributed by atoms with Gasteiger partial charge in [-0.05, 0) is 37.5 Å². The van der Waals surface area contributed by atoms with E-state index in [4.69, 9.17) is 21.1 Å². The van der Waals surface area contributed by atoms with Gasteiger partial charge in [0.25, 0.3) is 0 Å². The van der Waals surface area contributed by atoms with Gasteiger partial charge in [-0.3, -0.25) is 14.6 Å². The molecule has 41 heavy (non-hydrogen) atoms. The first kappa shape index (κ1) is 31.7. The number of alkyl halides is 2. The van der Waals surface area contributed by atoms with E-state index in [2.05, 4.69) is 20.9 Å². The second-order valence-electron chi connectivity index (χ2n) is 9.64. The molecular formula is C28H33ClF2N4O6. The van der Waals surface area contributed by atoms with Crippen molar-refractivity contribution in [1.29, 1.82) is 0 Å². The van der Waals surface area contributed by atoms with Crippen LogP contribution in [0.1, 0.15) is 56.3 Å². The monoisotopic (exact) mass is 594 g/mol. The molecule has 2 aromatic rings. The van der Waals surface area contributed by atoms with Crippen LogP contribution in [0, 0.1) is 5.92 Å². The van der Waals surface area contributed by atoms with Crippen molar-refractivity contribution in [3.8, 4) is 0 Å². The number of unbranched alkanes of at least 4 members (excludes halogenated alkanes) is 1. The number of aromatic nitrogens is 1. The Morgan fingerprint density at radius 3 is 2.59 bits per heavy atom. The van der Waals surface area contributed by atoms with Gasteiger partial charge in [0.2, 0.25) is 11.8 Å². The lowest BCUT2D eigenvalue weighted by Crippen LogP contribution is -2.52. The van der Waals surface area contributed by atoms with Gasteiger partial charge in [-0.25, -0.2) is 9.59 Å². The van der Waals surface area contributed by atoms with Crippen molar-refractivity contribution in [2.24, 2.45) is 5.92 Å². The molecule has 0 radical (unpaired) electrons. The van der Waals surface area contributed by atoms with Gasteiger partial charge in [-0.1, -0.05) is 49.6 Å². The molecule has 1 aromatic heterocycles. The minimum absolute atomic E-state index is 0.00410. The lowest BCUT2D eigenvalue weighted by molar-refractivity contribution is -0.146. The number of carbonyl (C=O) groups excluding carboxylic acids is 4. The van der Waals surface area contributed by atoms with Gasteiger partial charge in [-0.2, -0.15) is 8.78 Å². The number of alkyl carbamates (subject to hydrolysis) is 1. The van der Waals surface area contributed by atoms with Gasteiger partial charge in [0.15, 0.2) is 6.10 Å². The highest BCUT2D eigenvalue weighted by molar-refractivity contribution is 6.30. The third-order valence-electron chi connectivity index (χ3n) is 6.69. The largest absolute Gasteiger partial charge is 0.467 e. The van der Waals surface area contributed by atoms with Crippen LogP contribution in [0.3, 0.4) is 0 Å². The smallest absolute Gasteiger partial charge is 0.408 e. The summed E-state index contributed by atoms with van der Waals surface area (Å²) in [7, 11) is 1.15. The van der Waals surface area contributed by atoms with Gasteiger partial charge >= 0.3 is 18.0 Å². The lowest BCUT2D eigenvalue weighted by atomic mass is 9.97. The number of methoxy groups -OCH3 is 1. The second kappa shape index (κ2) is 14.7. The number of benzene rings is 1. The van der Waals surface area contributed by atoms with Crippen molar-refractivity contribution in [2.45, 2.75) is 63.1 Å². The van der Waals surface area contributed by atoms with Gasteiger partial charge in [0.05, 0.1) is 7.11 Å². The molecule has 222 valence electrons. The Hall–Kier alpha value is -3.80. The molecule has 10 nitrogen and oxygen atoms in total. The summed E-state index contributed by atoms with van der Waals surface area (Å²) in [6.07, 6.45) is 0.943. The van der Waals surface area contributed by atoms with E-state index < -0.39 is 53.6 Å². The SMILES string of the molecule is CCCC[C@H](NC(=O)OC(c1cccnc1)C(F)(F)c1cccc(Cl)c1)C(=O)N[C@@H](C[C@@H]1CCNC1=O)C(=O)OC. The molecule has 1 saturated heterocycles. The highest BCUT2D eigenvalue weighted by Crippen LogP contribution is 2.43. The first-order chi connectivity index (χ1) is 19.6. The number of nitrogens with zero attached hydrogens (tertiary/aromatic N) is 1. The van der Waals surface area contributed by atoms with E-state index in [0.29, 0.717) is 25.8 Å². The number of esters is 1. The number of hydrogen-bond donors (Lipinski definition) is 3. The Kier molecular flexibility index (Phi) is 11.4. The third-order valence-corrected chi connectivity index (χ3v) is 6.93. The van der Waals surface area contributed by atoms with E-state index in [0.717, 1.165) is 25.4 Å². The molecule has 1 aliphatic heterocycles. The maximum atomic E-state index is 15.7. The molecule has 0 spiro atoms. The second-order valence-corrected chi connectivity index (χ2v) is 10.1. The van der Waals surface area contributed by atoms with E-state index in [-0.39, 0.29) is 29.3 Å². The van der Waals surface area contributed by atoms with Crippen molar-refractivity contribution in [3.63, 3.8) is 0 Å². The Bertz CT molecular complexity index is 1220. The molecule has 3 amide bonds. The van der Waals surface area contributed by atoms with E-state index in [1.165, 1.54) is 30.5 Å². The maximum absolute atomic E-state index is 15.7. The Morgan fingerprint density at radius 1 is 1.20 bits per heavy atom. The zero-order valence-electron chi connectivity index (χ0n) is 22.7. The average Bonchev–Trinajstić information content (AvgIpc) is 3.37. The predicted molar refractivity (Wildman–Crippen MR) is 145 cm³/mol. The van der Waals surface area contributed by atoms with Crippen molar-refractivity contribution in [2.75, 3.05) is 13.7 Å². The first-order valence-electron chi connectivity index (χ1n) is 13.2. The van der Waals surface area contributed by atoms with Crippen LogP contribution in [-0.4, -0.2) is 54.6 Å². The highest BCUT2D eigenvalue weighted by atomic mass is 35.5. The zero-order chi connectivity index (χ0) is 30.0. The van der Waals surface area contributed by atoms with E-state index in [1.54, 1.807) is 0 Å². The summed E-state index contributed by atoms with van der Waals surface area (Å²) in [6, 6.07) is 5.40. The fourth-order valence-corrected chi connectivity index (χ4v) is 4.66. The molecule has 3 rings (SSSR count). The zero-order valence-corrected chi connectivity index (χ0v) is 23.5. The average molecular weight is 595 g/mol. The van der Waals surface area contributed by atoms with Gasteiger partial charge < -0.3 is 25.4 Å². The maximum Gasteiger partial charge on any atom is 0.408 e. The molecule has 1 aromatic carbocycles. The molecule has 3 N–H and O–H groups in total. The molecular weight excluding hydrogens is 562 g/mol. The van der Waals surface area contributed by atoms with Crippen molar-refractivity contribution >= 4 is 35.5 Å². The van der Waals surface area contributed by atoms with Crippen LogP contribution in [0.15, 0.2) is 48.8 Å². The first-order valence-corrected chi connectivity index (χ1v) is 13.6. The summed E-state index contributed by atoms with van der Waals surface area (Å²) in [4.78, 5) is 54.5. The number of pyridine rings is 1. The summed E-state index contributed by atoms with van der Waals surface area (Å²) in [6.45, 7) is 2.32. The molecule has 4 atom stereocenters. The molecule has 1 aliphatic rings. The fourth-order valence-electron chi connectivity index (χ4n) is 4.47. The number of nitrogens with one attached hydrogen (secondary N) is 3. The minimum Gasteiger partial charge on any atom is -0.467 e. The molecule has 13 heteroatoms. The Morgan fingerprint density at radius 2 is 1.98 bits per heavy atom. The number of ether oxygens (including phenoxy) is 2. The van der Waals surface area contributed by atoms with E-state index in [1.807, 2.05) is 6.92 Å².